The second-order valence-electron chi connectivity index (χ2n) is 10.5. The Labute approximate surface area is 227 Å². The molecule has 0 spiro atoms. The van der Waals surface area contributed by atoms with Gasteiger partial charge in [0.1, 0.15) is 0 Å². The van der Waals surface area contributed by atoms with Crippen molar-refractivity contribution < 1.29 is 22.8 Å². The fraction of sp³-hybridized carbons (Fsp3) is 0.357. The van der Waals surface area contributed by atoms with Crippen LogP contribution in [0, 0.1) is 12.3 Å². The monoisotopic (exact) mass is 557 g/mol. The molecule has 0 fully saturated rings. The Hall–Kier alpha value is -2.98. The highest BCUT2D eigenvalue weighted by Crippen LogP contribution is 2.49. The first-order valence-electron chi connectivity index (χ1n) is 12.2. The van der Waals surface area contributed by atoms with E-state index in [0.717, 1.165) is 23.3 Å². The number of aromatic nitrogens is 2. The van der Waals surface area contributed by atoms with Crippen molar-refractivity contribution in [3.05, 3.63) is 82.1 Å². The van der Waals surface area contributed by atoms with E-state index >= 15 is 0 Å². The molecule has 38 heavy (non-hydrogen) atoms. The maximum atomic E-state index is 13.6. The maximum absolute atomic E-state index is 13.6. The Morgan fingerprint density at radius 2 is 1.84 bits per heavy atom. The standard InChI is InChI=1S/C28H26F3N3O2S2/c1-16-7-4-5-10-19(16)20-12-23(36)34(21-13-27(2,3)14-22(35)24(20)21)25-32-33-26(38-25)37-15-17-8-6-9-18(11-17)28(29,30)31/h4-11,20H,12-15H2,1-3H3/t20-/m1/s1. The van der Waals surface area contributed by atoms with Gasteiger partial charge in [-0.15, -0.1) is 10.2 Å². The van der Waals surface area contributed by atoms with Crippen molar-refractivity contribution in [2.75, 3.05) is 4.90 Å². The van der Waals surface area contributed by atoms with Crippen LogP contribution in [0.2, 0.25) is 0 Å². The Bertz CT molecular complexity index is 1440. The van der Waals surface area contributed by atoms with Crippen LogP contribution in [0.3, 0.4) is 0 Å². The largest absolute Gasteiger partial charge is 0.416 e. The van der Waals surface area contributed by atoms with Gasteiger partial charge in [-0.1, -0.05) is 79.4 Å². The number of anilines is 1. The first kappa shape index (κ1) is 26.6. The molecule has 5 rings (SSSR count). The van der Waals surface area contributed by atoms with E-state index in [1.807, 2.05) is 45.0 Å². The van der Waals surface area contributed by atoms with Crippen molar-refractivity contribution in [1.82, 2.24) is 10.2 Å². The van der Waals surface area contributed by atoms with Gasteiger partial charge in [0, 0.05) is 35.8 Å². The van der Waals surface area contributed by atoms with E-state index in [2.05, 4.69) is 10.2 Å². The van der Waals surface area contributed by atoms with Crippen LogP contribution in [0.5, 0.6) is 0 Å². The number of Topliss-reactive ketones (excluding diaryl/α,β-unsaturated/α-hetero) is 1. The number of hydrogen-bond donors (Lipinski definition) is 0. The fourth-order valence-electron chi connectivity index (χ4n) is 5.21. The summed E-state index contributed by atoms with van der Waals surface area (Å²) in [6.45, 7) is 6.03. The highest BCUT2D eigenvalue weighted by molar-refractivity contribution is 8.00. The second kappa shape index (κ2) is 9.96. The number of carbonyl (C=O) groups excluding carboxylic acids is 2. The average Bonchev–Trinajstić information content (AvgIpc) is 3.29. The van der Waals surface area contributed by atoms with Gasteiger partial charge in [0.25, 0.3) is 0 Å². The van der Waals surface area contributed by atoms with Gasteiger partial charge < -0.3 is 0 Å². The Kier molecular flexibility index (Phi) is 6.98. The lowest BCUT2D eigenvalue weighted by atomic mass is 9.69. The number of rotatable bonds is 5. The van der Waals surface area contributed by atoms with E-state index in [1.54, 1.807) is 11.0 Å². The Balaban J connectivity index is 1.46. The zero-order valence-electron chi connectivity index (χ0n) is 21.1. The molecule has 1 aromatic heterocycles. The quantitative estimate of drug-likeness (QED) is 0.243. The molecule has 0 N–H and O–H groups in total. The van der Waals surface area contributed by atoms with Crippen LogP contribution in [-0.2, 0) is 21.5 Å². The summed E-state index contributed by atoms with van der Waals surface area (Å²) < 4.78 is 39.7. The summed E-state index contributed by atoms with van der Waals surface area (Å²) >= 11 is 2.47. The van der Waals surface area contributed by atoms with E-state index < -0.39 is 11.7 Å². The minimum Gasteiger partial charge on any atom is -0.294 e. The van der Waals surface area contributed by atoms with Crippen LogP contribution in [0.1, 0.15) is 61.3 Å². The van der Waals surface area contributed by atoms with E-state index in [1.165, 1.54) is 29.2 Å². The van der Waals surface area contributed by atoms with Crippen LogP contribution < -0.4 is 4.90 Å². The molecule has 5 nitrogen and oxygen atoms in total. The molecule has 1 atom stereocenters. The van der Waals surface area contributed by atoms with Crippen LogP contribution in [-0.4, -0.2) is 21.9 Å². The number of thioether (sulfide) groups is 1. The van der Waals surface area contributed by atoms with E-state index in [-0.39, 0.29) is 35.2 Å². The minimum atomic E-state index is -4.40. The summed E-state index contributed by atoms with van der Waals surface area (Å²) in [4.78, 5) is 28.6. The lowest BCUT2D eigenvalue weighted by Gasteiger charge is -2.42. The van der Waals surface area contributed by atoms with Gasteiger partial charge in [-0.05, 0) is 41.5 Å². The molecule has 2 heterocycles. The molecule has 198 valence electrons. The molecule has 0 saturated heterocycles. The molecule has 10 heteroatoms. The zero-order valence-corrected chi connectivity index (χ0v) is 22.8. The molecule has 0 radical (unpaired) electrons. The second-order valence-corrected chi connectivity index (χ2v) is 12.7. The predicted octanol–water partition coefficient (Wildman–Crippen LogP) is 7.32. The van der Waals surface area contributed by atoms with E-state index in [0.29, 0.717) is 39.1 Å². The number of alkyl halides is 3. The summed E-state index contributed by atoms with van der Waals surface area (Å²) in [6.07, 6.45) is -3.29. The number of benzene rings is 2. The summed E-state index contributed by atoms with van der Waals surface area (Å²) in [5.41, 5.74) is 2.88. The lowest BCUT2D eigenvalue weighted by Crippen LogP contribution is -2.43. The first-order chi connectivity index (χ1) is 17.9. The molecule has 1 aliphatic carbocycles. The van der Waals surface area contributed by atoms with E-state index in [9.17, 15) is 22.8 Å². The number of ketones is 1. The lowest BCUT2D eigenvalue weighted by molar-refractivity contribution is -0.137. The molecule has 2 aliphatic rings. The van der Waals surface area contributed by atoms with Gasteiger partial charge in [0.15, 0.2) is 10.1 Å². The number of allylic oxidation sites excluding steroid dienone is 2. The van der Waals surface area contributed by atoms with Crippen molar-refractivity contribution in [1.29, 1.82) is 0 Å². The molecule has 0 bridgehead atoms. The van der Waals surface area contributed by atoms with Crippen LogP contribution in [0.4, 0.5) is 18.3 Å². The Morgan fingerprint density at radius 1 is 1.08 bits per heavy atom. The smallest absolute Gasteiger partial charge is 0.294 e. The van der Waals surface area contributed by atoms with Crippen molar-refractivity contribution in [3.63, 3.8) is 0 Å². The third-order valence-electron chi connectivity index (χ3n) is 6.91. The molecule has 1 aliphatic heterocycles. The van der Waals surface area contributed by atoms with Crippen molar-refractivity contribution in [2.24, 2.45) is 5.41 Å². The molecule has 3 aromatic rings. The molecule has 0 unspecified atom stereocenters. The highest BCUT2D eigenvalue weighted by atomic mass is 32.2. The number of aryl methyl sites for hydroxylation is 1. The number of amides is 1. The number of hydrogen-bond acceptors (Lipinski definition) is 6. The van der Waals surface area contributed by atoms with Gasteiger partial charge in [-0.25, -0.2) is 0 Å². The Morgan fingerprint density at radius 3 is 2.58 bits per heavy atom. The zero-order chi connectivity index (χ0) is 27.2. The third-order valence-corrected chi connectivity index (χ3v) is 9.02. The molecular weight excluding hydrogens is 531 g/mol. The van der Waals surface area contributed by atoms with Gasteiger partial charge >= 0.3 is 6.18 Å². The maximum Gasteiger partial charge on any atom is 0.416 e. The molecular formula is C28H26F3N3O2S2. The van der Waals surface area contributed by atoms with Gasteiger partial charge in [0.2, 0.25) is 11.0 Å². The van der Waals surface area contributed by atoms with Crippen molar-refractivity contribution in [2.45, 2.75) is 62.2 Å². The highest BCUT2D eigenvalue weighted by Gasteiger charge is 2.45. The average molecular weight is 558 g/mol. The number of nitrogens with zero attached hydrogens (tertiary/aromatic N) is 3. The minimum absolute atomic E-state index is 0.0469. The van der Waals surface area contributed by atoms with Gasteiger partial charge in [0.05, 0.1) is 5.56 Å². The van der Waals surface area contributed by atoms with E-state index in [4.69, 9.17) is 0 Å². The van der Waals surface area contributed by atoms with Crippen LogP contribution >= 0.6 is 23.1 Å². The fourth-order valence-corrected chi connectivity index (χ4v) is 7.04. The predicted molar refractivity (Wildman–Crippen MR) is 142 cm³/mol. The normalized spacial score (nSPS) is 19.6. The summed E-state index contributed by atoms with van der Waals surface area (Å²) in [7, 11) is 0. The van der Waals surface area contributed by atoms with Gasteiger partial charge in [-0.2, -0.15) is 13.2 Å². The SMILES string of the molecule is Cc1ccccc1[C@H]1CC(=O)N(c2nnc(SCc3cccc(C(F)(F)F)c3)s2)C2=C1C(=O)CC(C)(C)C2. The number of halogens is 3. The third kappa shape index (κ3) is 5.29. The molecule has 1 amide bonds. The van der Waals surface area contributed by atoms with Gasteiger partial charge in [-0.3, -0.25) is 14.5 Å². The summed E-state index contributed by atoms with van der Waals surface area (Å²) in [5, 5.41) is 8.85. The van der Waals surface area contributed by atoms with Crippen LogP contribution in [0.15, 0.2) is 64.1 Å². The van der Waals surface area contributed by atoms with Crippen LogP contribution in [0.25, 0.3) is 0 Å². The van der Waals surface area contributed by atoms with Crippen molar-refractivity contribution in [3.8, 4) is 0 Å². The molecule has 2 aromatic carbocycles. The topological polar surface area (TPSA) is 63.2 Å². The first-order valence-corrected chi connectivity index (χ1v) is 14.0. The van der Waals surface area contributed by atoms with Crippen molar-refractivity contribution >= 4 is 39.9 Å². The summed E-state index contributed by atoms with van der Waals surface area (Å²) in [5.74, 6) is -0.124. The number of carbonyl (C=O) groups is 2. The molecule has 0 saturated carbocycles. The summed E-state index contributed by atoms with van der Waals surface area (Å²) in [6, 6.07) is 13.0.